The van der Waals surface area contributed by atoms with Gasteiger partial charge in [-0.2, -0.15) is 10.1 Å². The monoisotopic (exact) mass is 348 g/mol. The van der Waals surface area contributed by atoms with Crippen LogP contribution in [0.5, 0.6) is 0 Å². The van der Waals surface area contributed by atoms with Gasteiger partial charge in [-0.1, -0.05) is 17.4 Å². The smallest absolute Gasteiger partial charge is 0.297 e. The number of aromatic nitrogens is 3. The number of benzene rings is 1. The number of aryl methyl sites for hydroxylation is 1. The number of nitrogens with zero attached hydrogens (tertiary/aromatic N) is 4. The molecule has 0 spiro atoms. The summed E-state index contributed by atoms with van der Waals surface area (Å²) in [6.07, 6.45) is 1.54. The van der Waals surface area contributed by atoms with Gasteiger partial charge in [-0.3, -0.25) is 9.48 Å². The third kappa shape index (κ3) is 3.15. The Bertz CT molecular complexity index is 941. The van der Waals surface area contributed by atoms with E-state index in [0.717, 1.165) is 4.70 Å². The van der Waals surface area contributed by atoms with Gasteiger partial charge in [-0.15, -0.1) is 0 Å². The molecular weight excluding hydrogens is 331 g/mol. The molecule has 3 rings (SSSR count). The first kappa shape index (κ1) is 16.5. The Morgan fingerprint density at radius 3 is 2.96 bits per heavy atom. The van der Waals surface area contributed by atoms with Crippen LogP contribution in [0.4, 0.5) is 4.39 Å². The molecule has 0 saturated carbocycles. The summed E-state index contributed by atoms with van der Waals surface area (Å²) in [6.45, 7) is 3.32. The zero-order chi connectivity index (χ0) is 17.1. The minimum Gasteiger partial charge on any atom is -0.380 e. The molecule has 24 heavy (non-hydrogen) atoms. The molecule has 0 aliphatic carbocycles. The van der Waals surface area contributed by atoms with Crippen LogP contribution in [-0.2, 0) is 18.3 Å². The minimum atomic E-state index is -0.410. The molecular formula is C16H17FN4O2S. The summed E-state index contributed by atoms with van der Waals surface area (Å²) < 4.78 is 23.5. The van der Waals surface area contributed by atoms with Crippen molar-refractivity contribution in [1.82, 2.24) is 14.3 Å². The van der Waals surface area contributed by atoms with E-state index in [-0.39, 0.29) is 5.82 Å². The number of fused-ring (bicyclic) bond motifs is 1. The number of hydrogen-bond donors (Lipinski definition) is 0. The largest absolute Gasteiger partial charge is 0.380 e. The number of thiazole rings is 1. The molecule has 0 N–H and O–H groups in total. The molecule has 0 aliphatic rings. The number of halogens is 1. The fraction of sp³-hybridized carbons (Fsp3) is 0.312. The normalized spacial score (nSPS) is 12.2. The molecule has 0 bridgehead atoms. The number of amides is 1. The van der Waals surface area contributed by atoms with Gasteiger partial charge in [-0.25, -0.2) is 4.39 Å². The molecule has 2 aromatic heterocycles. The van der Waals surface area contributed by atoms with Crippen LogP contribution in [0.2, 0.25) is 0 Å². The maximum Gasteiger partial charge on any atom is 0.297 e. The average Bonchev–Trinajstić information content (AvgIpc) is 3.12. The van der Waals surface area contributed by atoms with Crippen LogP contribution in [-0.4, -0.2) is 33.5 Å². The molecule has 0 fully saturated rings. The molecule has 1 amide bonds. The highest BCUT2D eigenvalue weighted by Crippen LogP contribution is 2.20. The topological polar surface area (TPSA) is 61.4 Å². The molecule has 8 heteroatoms. The van der Waals surface area contributed by atoms with Crippen molar-refractivity contribution in [3.63, 3.8) is 0 Å². The van der Waals surface area contributed by atoms with Gasteiger partial charge in [0.05, 0.1) is 16.8 Å². The summed E-state index contributed by atoms with van der Waals surface area (Å²) in [5.41, 5.74) is 0.822. The SMILES string of the molecule is CCOCCn1c(=NC(=O)c2ccnn2C)sc2cccc(F)c21. The zero-order valence-corrected chi connectivity index (χ0v) is 14.2. The van der Waals surface area contributed by atoms with E-state index in [4.69, 9.17) is 4.74 Å². The molecule has 3 aromatic rings. The standard InChI is InChI=1S/C16H17FN4O2S/c1-3-23-10-9-21-14-11(17)5-4-6-13(14)24-16(21)19-15(22)12-7-8-18-20(12)2/h4-8H,3,9-10H2,1-2H3. The lowest BCUT2D eigenvalue weighted by molar-refractivity contribution is 0.0987. The van der Waals surface area contributed by atoms with Gasteiger partial charge in [0.15, 0.2) is 4.80 Å². The van der Waals surface area contributed by atoms with Gasteiger partial charge in [0.2, 0.25) is 0 Å². The van der Waals surface area contributed by atoms with Crippen molar-refractivity contribution in [1.29, 1.82) is 0 Å². The number of hydrogen-bond acceptors (Lipinski definition) is 4. The van der Waals surface area contributed by atoms with Crippen molar-refractivity contribution >= 4 is 27.5 Å². The first-order valence-corrected chi connectivity index (χ1v) is 8.36. The molecule has 126 valence electrons. The first-order valence-electron chi connectivity index (χ1n) is 7.54. The predicted octanol–water partition coefficient (Wildman–Crippen LogP) is 2.35. The Kier molecular flexibility index (Phi) is 4.86. The lowest BCUT2D eigenvalue weighted by Crippen LogP contribution is -2.20. The van der Waals surface area contributed by atoms with E-state index in [1.807, 2.05) is 13.0 Å². The second-order valence-electron chi connectivity index (χ2n) is 5.08. The van der Waals surface area contributed by atoms with Gasteiger partial charge in [0.1, 0.15) is 11.5 Å². The van der Waals surface area contributed by atoms with Crippen LogP contribution < -0.4 is 4.80 Å². The van der Waals surface area contributed by atoms with Gasteiger partial charge < -0.3 is 9.30 Å². The highest BCUT2D eigenvalue weighted by Gasteiger charge is 2.13. The van der Waals surface area contributed by atoms with Crippen LogP contribution in [0.1, 0.15) is 17.4 Å². The van der Waals surface area contributed by atoms with Crippen molar-refractivity contribution < 1.29 is 13.9 Å². The van der Waals surface area contributed by atoms with Crippen molar-refractivity contribution in [2.24, 2.45) is 12.0 Å². The summed E-state index contributed by atoms with van der Waals surface area (Å²) in [6, 6.07) is 6.46. The van der Waals surface area contributed by atoms with Crippen LogP contribution >= 0.6 is 11.3 Å². The lowest BCUT2D eigenvalue weighted by atomic mass is 10.3. The van der Waals surface area contributed by atoms with Crippen LogP contribution in [0.25, 0.3) is 10.2 Å². The van der Waals surface area contributed by atoms with Crippen LogP contribution in [0.15, 0.2) is 35.5 Å². The van der Waals surface area contributed by atoms with E-state index >= 15 is 0 Å². The lowest BCUT2D eigenvalue weighted by Gasteiger charge is -2.06. The zero-order valence-electron chi connectivity index (χ0n) is 13.4. The molecule has 0 aliphatic heterocycles. The van der Waals surface area contributed by atoms with Gasteiger partial charge >= 0.3 is 0 Å². The van der Waals surface area contributed by atoms with E-state index in [2.05, 4.69) is 10.1 Å². The van der Waals surface area contributed by atoms with Crippen molar-refractivity contribution in [2.45, 2.75) is 13.5 Å². The summed E-state index contributed by atoms with van der Waals surface area (Å²) in [5, 5.41) is 3.97. The Hall–Kier alpha value is -2.32. The van der Waals surface area contributed by atoms with E-state index < -0.39 is 5.91 Å². The molecule has 1 aromatic carbocycles. The Morgan fingerprint density at radius 1 is 1.42 bits per heavy atom. The Morgan fingerprint density at radius 2 is 2.25 bits per heavy atom. The van der Waals surface area contributed by atoms with Gasteiger partial charge in [0, 0.05) is 26.4 Å². The summed E-state index contributed by atoms with van der Waals surface area (Å²) >= 11 is 1.28. The number of carbonyl (C=O) groups is 1. The molecule has 0 unspecified atom stereocenters. The summed E-state index contributed by atoms with van der Waals surface area (Å²) in [4.78, 5) is 17.0. The van der Waals surface area contributed by atoms with E-state index in [0.29, 0.717) is 35.8 Å². The fourth-order valence-electron chi connectivity index (χ4n) is 2.41. The maximum atomic E-state index is 14.2. The van der Waals surface area contributed by atoms with Crippen molar-refractivity contribution in [3.8, 4) is 0 Å². The molecule has 0 saturated heterocycles. The van der Waals surface area contributed by atoms with Crippen LogP contribution in [0.3, 0.4) is 0 Å². The highest BCUT2D eigenvalue weighted by molar-refractivity contribution is 7.16. The predicted molar refractivity (Wildman–Crippen MR) is 89.4 cm³/mol. The first-order chi connectivity index (χ1) is 11.6. The number of carbonyl (C=O) groups excluding carboxylic acids is 1. The van der Waals surface area contributed by atoms with E-state index in [1.165, 1.54) is 28.3 Å². The molecule has 2 heterocycles. The summed E-state index contributed by atoms with van der Waals surface area (Å²) in [5.74, 6) is -0.748. The third-order valence-corrected chi connectivity index (χ3v) is 4.60. The van der Waals surface area contributed by atoms with Crippen molar-refractivity contribution in [3.05, 3.63) is 46.8 Å². The van der Waals surface area contributed by atoms with E-state index in [1.54, 1.807) is 23.7 Å². The van der Waals surface area contributed by atoms with Crippen molar-refractivity contribution in [2.75, 3.05) is 13.2 Å². The fourth-order valence-corrected chi connectivity index (χ4v) is 3.48. The second kappa shape index (κ2) is 7.06. The van der Waals surface area contributed by atoms with Crippen LogP contribution in [0, 0.1) is 5.82 Å². The molecule has 6 nitrogen and oxygen atoms in total. The van der Waals surface area contributed by atoms with Gasteiger partial charge in [-0.05, 0) is 25.1 Å². The summed E-state index contributed by atoms with van der Waals surface area (Å²) in [7, 11) is 1.68. The number of ether oxygens (including phenoxy) is 1. The second-order valence-corrected chi connectivity index (χ2v) is 6.09. The quantitative estimate of drug-likeness (QED) is 0.665. The number of rotatable bonds is 5. The number of para-hydroxylation sites is 1. The minimum absolute atomic E-state index is 0.338. The highest BCUT2D eigenvalue weighted by atomic mass is 32.1. The average molecular weight is 348 g/mol. The molecule has 0 radical (unpaired) electrons. The maximum absolute atomic E-state index is 14.2. The van der Waals surface area contributed by atoms with Gasteiger partial charge in [0.25, 0.3) is 5.91 Å². The van der Waals surface area contributed by atoms with E-state index in [9.17, 15) is 9.18 Å². The Labute approximate surface area is 141 Å². The third-order valence-electron chi connectivity index (χ3n) is 3.55. The molecule has 0 atom stereocenters. The Balaban J connectivity index is 2.10.